The molecular weight excluding hydrogens is 438 g/mol. The van der Waals surface area contributed by atoms with Gasteiger partial charge in [0.2, 0.25) is 17.7 Å². The predicted molar refractivity (Wildman–Crippen MR) is 127 cm³/mol. The average Bonchev–Trinajstić information content (AvgIpc) is 3.07. The van der Waals surface area contributed by atoms with Crippen molar-refractivity contribution in [3.05, 3.63) is 24.3 Å². The van der Waals surface area contributed by atoms with Crippen molar-refractivity contribution in [3.63, 3.8) is 0 Å². The third-order valence-electron chi connectivity index (χ3n) is 8.36. The number of thioether (sulfide) groups is 1. The van der Waals surface area contributed by atoms with Crippen molar-refractivity contribution in [2.45, 2.75) is 67.0 Å². The second-order valence-electron chi connectivity index (χ2n) is 10.4. The Balaban J connectivity index is 1.60. The van der Waals surface area contributed by atoms with Crippen LogP contribution in [0.15, 0.2) is 24.3 Å². The number of aliphatic hydroxyl groups excluding tert-OH is 1. The van der Waals surface area contributed by atoms with Crippen molar-refractivity contribution in [1.29, 1.82) is 0 Å². The van der Waals surface area contributed by atoms with Crippen LogP contribution in [0.2, 0.25) is 0 Å². The van der Waals surface area contributed by atoms with Crippen LogP contribution in [0.1, 0.15) is 45.4 Å². The van der Waals surface area contributed by atoms with Crippen molar-refractivity contribution in [3.8, 4) is 0 Å². The van der Waals surface area contributed by atoms with Gasteiger partial charge in [0, 0.05) is 44.1 Å². The molecule has 0 aromatic carbocycles. The second-order valence-corrected chi connectivity index (χ2v) is 12.2. The number of likely N-dealkylation sites (tertiary alicyclic amines) is 1. The van der Waals surface area contributed by atoms with Crippen LogP contribution in [0, 0.1) is 11.8 Å². The van der Waals surface area contributed by atoms with E-state index in [1.165, 1.54) is 6.42 Å². The summed E-state index contributed by atoms with van der Waals surface area (Å²) in [6.07, 6.45) is 14.2. The molecule has 1 N–H and O–H groups in total. The minimum absolute atomic E-state index is 0.0121. The van der Waals surface area contributed by atoms with Gasteiger partial charge in [0.05, 0.1) is 16.6 Å². The number of carbonyl (C=O) groups excluding carboxylic acids is 3. The summed E-state index contributed by atoms with van der Waals surface area (Å²) in [4.78, 5) is 47.1. The molecule has 5 rings (SSSR count). The zero-order chi connectivity index (χ0) is 23.4. The highest BCUT2D eigenvalue weighted by atomic mass is 32.2. The molecule has 1 spiro atoms. The topological polar surface area (TPSA) is 81.2 Å². The molecular formula is C25H35N3O4S. The number of hydrogen-bond acceptors (Lipinski definition) is 5. The van der Waals surface area contributed by atoms with E-state index >= 15 is 0 Å². The normalized spacial score (nSPS) is 38.9. The van der Waals surface area contributed by atoms with E-state index in [2.05, 4.69) is 18.2 Å². The maximum atomic E-state index is 14.2. The molecule has 4 heterocycles. The lowest BCUT2D eigenvalue weighted by Crippen LogP contribution is -2.55. The molecule has 33 heavy (non-hydrogen) atoms. The van der Waals surface area contributed by atoms with Gasteiger partial charge in [-0.25, -0.2) is 0 Å². The summed E-state index contributed by atoms with van der Waals surface area (Å²) in [5.74, 6) is -1.23. The first kappa shape index (κ1) is 23.0. The van der Waals surface area contributed by atoms with Crippen molar-refractivity contribution >= 4 is 29.5 Å². The molecule has 180 valence electrons. The van der Waals surface area contributed by atoms with Crippen LogP contribution < -0.4 is 0 Å². The van der Waals surface area contributed by atoms with E-state index in [1.54, 1.807) is 28.6 Å². The number of carbonyl (C=O) groups is 3. The molecule has 5 atom stereocenters. The van der Waals surface area contributed by atoms with E-state index in [1.807, 2.05) is 17.9 Å². The van der Waals surface area contributed by atoms with Crippen LogP contribution in [0.3, 0.4) is 0 Å². The lowest BCUT2D eigenvalue weighted by molar-refractivity contribution is -0.145. The summed E-state index contributed by atoms with van der Waals surface area (Å²) in [7, 11) is 1.79. The quantitative estimate of drug-likeness (QED) is 0.630. The lowest BCUT2D eigenvalue weighted by Gasteiger charge is -2.40. The standard InChI is InChI=1S/C25H35N3O4S/c1-24-11-6-13-26(2)21(30)18(24)19-22(31)28(15-8-16-29)20-23(32)27(17-9-4-3-5-10-17)14-7-12-25(19,20)33-24/h6-7,11-12,17-20,29H,3-5,8-10,13-16H2,1-2H3/t18-,19-,20?,24+,25-/m0/s1. The number of rotatable bonds is 4. The molecule has 8 heteroatoms. The summed E-state index contributed by atoms with van der Waals surface area (Å²) in [5, 5.41) is 9.51. The third-order valence-corrected chi connectivity index (χ3v) is 10.2. The highest BCUT2D eigenvalue weighted by Gasteiger charge is 2.73. The molecule has 5 aliphatic rings. The predicted octanol–water partition coefficient (Wildman–Crippen LogP) is 1.82. The van der Waals surface area contributed by atoms with Crippen LogP contribution in [0.4, 0.5) is 0 Å². The van der Waals surface area contributed by atoms with Crippen molar-refractivity contribution in [1.82, 2.24) is 14.7 Å². The maximum absolute atomic E-state index is 14.2. The molecule has 0 aromatic heterocycles. The van der Waals surface area contributed by atoms with Gasteiger partial charge >= 0.3 is 0 Å². The van der Waals surface area contributed by atoms with Gasteiger partial charge in [-0.2, -0.15) is 0 Å². The number of likely N-dealkylation sites (N-methyl/N-ethyl adjacent to an activating group) is 1. The fraction of sp³-hybridized carbons (Fsp3) is 0.720. The first-order valence-electron chi connectivity index (χ1n) is 12.4. The molecule has 4 aliphatic heterocycles. The first-order chi connectivity index (χ1) is 15.8. The van der Waals surface area contributed by atoms with Gasteiger partial charge in [-0.15, -0.1) is 11.8 Å². The Kier molecular flexibility index (Phi) is 5.88. The minimum Gasteiger partial charge on any atom is -0.396 e. The minimum atomic E-state index is -0.773. The molecule has 0 bridgehead atoms. The fourth-order valence-corrected chi connectivity index (χ4v) is 9.02. The molecule has 1 aliphatic carbocycles. The highest BCUT2D eigenvalue weighted by Crippen LogP contribution is 2.65. The lowest BCUT2D eigenvalue weighted by atomic mass is 9.74. The molecule has 7 nitrogen and oxygen atoms in total. The Labute approximate surface area is 200 Å². The van der Waals surface area contributed by atoms with Gasteiger partial charge in [0.15, 0.2) is 0 Å². The van der Waals surface area contributed by atoms with Crippen LogP contribution in [-0.4, -0.2) is 92.4 Å². The van der Waals surface area contributed by atoms with Gasteiger partial charge < -0.3 is 19.8 Å². The Bertz CT molecular complexity index is 900. The van der Waals surface area contributed by atoms with Gasteiger partial charge in [0.1, 0.15) is 6.04 Å². The first-order valence-corrected chi connectivity index (χ1v) is 13.2. The zero-order valence-electron chi connectivity index (χ0n) is 19.6. The van der Waals surface area contributed by atoms with Gasteiger partial charge in [-0.3, -0.25) is 14.4 Å². The van der Waals surface area contributed by atoms with Crippen LogP contribution in [-0.2, 0) is 14.4 Å². The van der Waals surface area contributed by atoms with E-state index < -0.39 is 27.4 Å². The fourth-order valence-electron chi connectivity index (χ4n) is 6.86. The number of aliphatic hydroxyl groups is 1. The molecule has 3 fully saturated rings. The third kappa shape index (κ3) is 3.39. The van der Waals surface area contributed by atoms with E-state index in [-0.39, 0.29) is 30.4 Å². The number of amides is 3. The van der Waals surface area contributed by atoms with Crippen molar-refractivity contribution in [2.24, 2.45) is 11.8 Å². The molecule has 0 radical (unpaired) electrons. The van der Waals surface area contributed by atoms with Crippen LogP contribution in [0.5, 0.6) is 0 Å². The smallest absolute Gasteiger partial charge is 0.247 e. The largest absolute Gasteiger partial charge is 0.396 e. The molecule has 1 unspecified atom stereocenters. The summed E-state index contributed by atoms with van der Waals surface area (Å²) in [6, 6.07) is -0.428. The highest BCUT2D eigenvalue weighted by molar-refractivity contribution is 8.02. The van der Waals surface area contributed by atoms with Gasteiger partial charge in [0.25, 0.3) is 0 Å². The van der Waals surface area contributed by atoms with E-state index in [9.17, 15) is 19.5 Å². The van der Waals surface area contributed by atoms with Crippen LogP contribution in [0.25, 0.3) is 0 Å². The van der Waals surface area contributed by atoms with E-state index in [4.69, 9.17) is 0 Å². The van der Waals surface area contributed by atoms with Crippen LogP contribution >= 0.6 is 11.8 Å². The number of hydrogen-bond donors (Lipinski definition) is 1. The summed E-state index contributed by atoms with van der Waals surface area (Å²) in [5.41, 5.74) is 0. The van der Waals surface area contributed by atoms with Gasteiger partial charge in [-0.05, 0) is 26.2 Å². The zero-order valence-corrected chi connectivity index (χ0v) is 20.4. The Morgan fingerprint density at radius 2 is 1.73 bits per heavy atom. The Morgan fingerprint density at radius 1 is 1.00 bits per heavy atom. The van der Waals surface area contributed by atoms with Crippen molar-refractivity contribution in [2.75, 3.05) is 33.3 Å². The Hall–Kier alpha value is -1.80. The number of fused-ring (bicyclic) bond motifs is 2. The SMILES string of the molecule is CN1CC=C[C@@]2(C)S[C@]34C=CCN(C5CCCCC5)C(=O)C3N(CCCO)C(=O)[C@@H]4[C@H]2C1=O. The number of nitrogens with zero attached hydrogens (tertiary/aromatic N) is 3. The summed E-state index contributed by atoms with van der Waals surface area (Å²) >= 11 is 1.63. The second kappa shape index (κ2) is 8.45. The monoisotopic (exact) mass is 473 g/mol. The summed E-state index contributed by atoms with van der Waals surface area (Å²) < 4.78 is -1.32. The summed E-state index contributed by atoms with van der Waals surface area (Å²) in [6.45, 7) is 3.43. The molecule has 3 amide bonds. The van der Waals surface area contributed by atoms with E-state index in [0.717, 1.165) is 25.7 Å². The Morgan fingerprint density at radius 3 is 2.45 bits per heavy atom. The average molecular weight is 474 g/mol. The molecule has 1 saturated carbocycles. The molecule has 2 saturated heterocycles. The van der Waals surface area contributed by atoms with E-state index in [0.29, 0.717) is 26.1 Å². The molecule has 0 aromatic rings. The van der Waals surface area contributed by atoms with Gasteiger partial charge in [-0.1, -0.05) is 43.6 Å². The van der Waals surface area contributed by atoms with Crippen molar-refractivity contribution < 1.29 is 19.5 Å². The maximum Gasteiger partial charge on any atom is 0.247 e.